The third kappa shape index (κ3) is 2.06. The highest BCUT2D eigenvalue weighted by Crippen LogP contribution is 2.50. The second kappa shape index (κ2) is 4.74. The van der Waals surface area contributed by atoms with Gasteiger partial charge in [0.05, 0.1) is 0 Å². The summed E-state index contributed by atoms with van der Waals surface area (Å²) >= 11 is 1.78. The van der Waals surface area contributed by atoms with E-state index in [1.54, 1.807) is 11.3 Å². The second-order valence-electron chi connectivity index (χ2n) is 5.74. The Hall–Kier alpha value is -1.61. The molecule has 1 aliphatic carbocycles. The molecule has 1 aliphatic heterocycles. The predicted molar refractivity (Wildman–Crippen MR) is 80.7 cm³/mol. The van der Waals surface area contributed by atoms with Gasteiger partial charge in [0.1, 0.15) is 0 Å². The molecule has 0 saturated heterocycles. The number of amides is 1. The summed E-state index contributed by atoms with van der Waals surface area (Å²) in [7, 11) is 0. The number of benzene rings is 1. The second-order valence-corrected chi connectivity index (χ2v) is 6.72. The number of hydrogen-bond acceptors (Lipinski definition) is 2. The van der Waals surface area contributed by atoms with E-state index in [0.717, 1.165) is 25.9 Å². The van der Waals surface area contributed by atoms with E-state index in [0.29, 0.717) is 11.8 Å². The van der Waals surface area contributed by atoms with Crippen LogP contribution in [0.3, 0.4) is 0 Å². The fraction of sp³-hybridized carbons (Fsp3) is 0.353. The number of fused-ring (bicyclic) bond motifs is 1. The molecule has 3 heteroatoms. The third-order valence-electron chi connectivity index (χ3n) is 4.46. The highest BCUT2D eigenvalue weighted by atomic mass is 32.1. The Bertz CT molecular complexity index is 634. The average Bonchev–Trinajstić information content (AvgIpc) is 3.11. The molecule has 2 heterocycles. The quantitative estimate of drug-likeness (QED) is 0.827. The molecule has 102 valence electrons. The van der Waals surface area contributed by atoms with Crippen molar-refractivity contribution < 1.29 is 4.79 Å². The first kappa shape index (κ1) is 12.2. The lowest BCUT2D eigenvalue weighted by molar-refractivity contribution is -0.133. The van der Waals surface area contributed by atoms with E-state index in [4.69, 9.17) is 0 Å². The van der Waals surface area contributed by atoms with Crippen LogP contribution in [-0.4, -0.2) is 17.4 Å². The number of thiophene rings is 1. The normalized spacial score (nSPS) is 24.3. The zero-order valence-electron chi connectivity index (χ0n) is 11.3. The van der Waals surface area contributed by atoms with Gasteiger partial charge in [0.25, 0.3) is 0 Å². The molecule has 2 nitrogen and oxygen atoms in total. The van der Waals surface area contributed by atoms with Crippen LogP contribution in [0.15, 0.2) is 41.8 Å². The molecule has 1 aromatic carbocycles. The van der Waals surface area contributed by atoms with Crippen LogP contribution in [0.4, 0.5) is 0 Å². The monoisotopic (exact) mass is 283 g/mol. The van der Waals surface area contributed by atoms with E-state index < -0.39 is 0 Å². The minimum Gasteiger partial charge on any atom is -0.338 e. The molecule has 0 spiro atoms. The molecule has 1 amide bonds. The van der Waals surface area contributed by atoms with Crippen molar-refractivity contribution in [3.63, 3.8) is 0 Å². The maximum atomic E-state index is 12.6. The van der Waals surface area contributed by atoms with Gasteiger partial charge in [0.15, 0.2) is 0 Å². The van der Waals surface area contributed by atoms with Crippen LogP contribution in [0.5, 0.6) is 0 Å². The van der Waals surface area contributed by atoms with E-state index in [-0.39, 0.29) is 5.92 Å². The molecule has 1 saturated carbocycles. The van der Waals surface area contributed by atoms with Crippen molar-refractivity contribution in [3.05, 3.63) is 57.8 Å². The van der Waals surface area contributed by atoms with Gasteiger partial charge in [0, 0.05) is 29.8 Å². The van der Waals surface area contributed by atoms with E-state index >= 15 is 0 Å². The zero-order valence-corrected chi connectivity index (χ0v) is 12.1. The van der Waals surface area contributed by atoms with Crippen LogP contribution < -0.4 is 0 Å². The third-order valence-corrected chi connectivity index (χ3v) is 5.46. The fourth-order valence-electron chi connectivity index (χ4n) is 3.20. The Kier molecular flexibility index (Phi) is 2.88. The Morgan fingerprint density at radius 2 is 2.00 bits per heavy atom. The summed E-state index contributed by atoms with van der Waals surface area (Å²) < 4.78 is 0. The lowest BCUT2D eigenvalue weighted by Gasteiger charge is -2.29. The van der Waals surface area contributed by atoms with Gasteiger partial charge in [-0.1, -0.05) is 30.3 Å². The molecule has 2 unspecified atom stereocenters. The molecular weight excluding hydrogens is 266 g/mol. The van der Waals surface area contributed by atoms with Gasteiger partial charge in [-0.25, -0.2) is 0 Å². The minimum atomic E-state index is 0.235. The maximum Gasteiger partial charge on any atom is 0.226 e. The van der Waals surface area contributed by atoms with Gasteiger partial charge >= 0.3 is 0 Å². The maximum absolute atomic E-state index is 12.6. The van der Waals surface area contributed by atoms with Crippen molar-refractivity contribution in [2.45, 2.75) is 25.3 Å². The van der Waals surface area contributed by atoms with Gasteiger partial charge < -0.3 is 4.90 Å². The van der Waals surface area contributed by atoms with Gasteiger partial charge in [-0.3, -0.25) is 4.79 Å². The first-order chi connectivity index (χ1) is 9.83. The highest BCUT2D eigenvalue weighted by molar-refractivity contribution is 7.10. The number of hydrogen-bond donors (Lipinski definition) is 0. The largest absolute Gasteiger partial charge is 0.338 e. The zero-order chi connectivity index (χ0) is 13.5. The Morgan fingerprint density at radius 1 is 1.15 bits per heavy atom. The molecule has 2 aromatic rings. The van der Waals surface area contributed by atoms with Crippen LogP contribution in [0.2, 0.25) is 0 Å². The van der Waals surface area contributed by atoms with Crippen molar-refractivity contribution in [1.29, 1.82) is 0 Å². The van der Waals surface area contributed by atoms with Gasteiger partial charge in [-0.15, -0.1) is 11.3 Å². The SMILES string of the molecule is O=C(C1CC1c1cccs1)N1CCc2ccccc2C1. The Morgan fingerprint density at radius 3 is 2.80 bits per heavy atom. The van der Waals surface area contributed by atoms with Gasteiger partial charge in [0.2, 0.25) is 5.91 Å². The molecule has 1 aromatic heterocycles. The summed E-state index contributed by atoms with van der Waals surface area (Å²) in [6.45, 7) is 1.67. The van der Waals surface area contributed by atoms with Crippen molar-refractivity contribution in [2.24, 2.45) is 5.92 Å². The molecule has 4 rings (SSSR count). The molecule has 0 radical (unpaired) electrons. The van der Waals surface area contributed by atoms with Gasteiger partial charge in [-0.05, 0) is 35.4 Å². The average molecular weight is 283 g/mol. The van der Waals surface area contributed by atoms with E-state index in [9.17, 15) is 4.79 Å². The molecule has 2 aliphatic rings. The first-order valence-corrected chi connectivity index (χ1v) is 8.10. The number of rotatable bonds is 2. The summed E-state index contributed by atoms with van der Waals surface area (Å²) in [5.74, 6) is 1.08. The van der Waals surface area contributed by atoms with Crippen LogP contribution >= 0.6 is 11.3 Å². The van der Waals surface area contributed by atoms with E-state index in [1.807, 2.05) is 0 Å². The van der Waals surface area contributed by atoms with Crippen molar-refractivity contribution in [1.82, 2.24) is 4.90 Å². The molecule has 20 heavy (non-hydrogen) atoms. The van der Waals surface area contributed by atoms with E-state index in [2.05, 4.69) is 46.7 Å². The number of carbonyl (C=O) groups excluding carboxylic acids is 1. The summed E-state index contributed by atoms with van der Waals surface area (Å²) in [6.07, 6.45) is 2.04. The van der Waals surface area contributed by atoms with Gasteiger partial charge in [-0.2, -0.15) is 0 Å². The first-order valence-electron chi connectivity index (χ1n) is 7.22. The summed E-state index contributed by atoms with van der Waals surface area (Å²) in [6, 6.07) is 12.7. The summed E-state index contributed by atoms with van der Waals surface area (Å²) in [5, 5.41) is 2.10. The van der Waals surface area contributed by atoms with E-state index in [1.165, 1.54) is 16.0 Å². The van der Waals surface area contributed by atoms with Crippen molar-refractivity contribution in [2.75, 3.05) is 6.54 Å². The van der Waals surface area contributed by atoms with Crippen molar-refractivity contribution in [3.8, 4) is 0 Å². The Balaban J connectivity index is 1.46. The molecule has 2 atom stereocenters. The Labute approximate surface area is 123 Å². The molecular formula is C17H17NOS. The standard InChI is InChI=1S/C17H17NOS/c19-17(15-10-14(15)16-6-3-9-20-16)18-8-7-12-4-1-2-5-13(12)11-18/h1-6,9,14-15H,7-8,10-11H2. The summed E-state index contributed by atoms with van der Waals surface area (Å²) in [4.78, 5) is 16.0. The molecule has 1 fully saturated rings. The lowest BCUT2D eigenvalue weighted by atomic mass is 9.99. The smallest absolute Gasteiger partial charge is 0.226 e. The predicted octanol–water partition coefficient (Wildman–Crippen LogP) is 3.44. The highest BCUT2D eigenvalue weighted by Gasteiger charge is 2.46. The molecule has 0 bridgehead atoms. The van der Waals surface area contributed by atoms with Crippen LogP contribution in [0.25, 0.3) is 0 Å². The number of nitrogens with zero attached hydrogens (tertiary/aromatic N) is 1. The topological polar surface area (TPSA) is 20.3 Å². The van der Waals surface area contributed by atoms with Crippen LogP contribution in [0, 0.1) is 5.92 Å². The summed E-state index contributed by atoms with van der Waals surface area (Å²) in [5.41, 5.74) is 2.72. The van der Waals surface area contributed by atoms with Crippen LogP contribution in [-0.2, 0) is 17.8 Å². The van der Waals surface area contributed by atoms with Crippen LogP contribution in [0.1, 0.15) is 28.3 Å². The lowest BCUT2D eigenvalue weighted by Crippen LogP contribution is -2.37. The van der Waals surface area contributed by atoms with Crippen molar-refractivity contribution >= 4 is 17.2 Å². The molecule has 0 N–H and O–H groups in total. The fourth-order valence-corrected chi connectivity index (χ4v) is 4.11. The minimum absolute atomic E-state index is 0.235. The number of carbonyl (C=O) groups is 1.